The van der Waals surface area contributed by atoms with Crippen LogP contribution in [0.2, 0.25) is 0 Å². The van der Waals surface area contributed by atoms with Crippen LogP contribution in [0.4, 0.5) is 0 Å². The first kappa shape index (κ1) is 23.4. The maximum absolute atomic E-state index is 13.8. The lowest BCUT2D eigenvalue weighted by atomic mass is 10.0. The van der Waals surface area contributed by atoms with Gasteiger partial charge in [-0.05, 0) is 24.0 Å². The Morgan fingerprint density at radius 2 is 0.971 bits per heavy atom. The molecule has 2 aromatic carbocycles. The third-order valence-corrected chi connectivity index (χ3v) is 6.29. The summed E-state index contributed by atoms with van der Waals surface area (Å²) in [6.45, 7) is 5.13. The van der Waals surface area contributed by atoms with E-state index in [0.717, 1.165) is 49.4 Å². The lowest BCUT2D eigenvalue weighted by Gasteiger charge is -2.25. The molecule has 0 aromatic heterocycles. The summed E-state index contributed by atoms with van der Waals surface area (Å²) in [6.07, 6.45) is 4.97. The molecule has 0 N–H and O–H groups in total. The maximum Gasteiger partial charge on any atom is 0.261 e. The van der Waals surface area contributed by atoms with Crippen molar-refractivity contribution in [1.29, 1.82) is 0 Å². The van der Waals surface area contributed by atoms with Crippen LogP contribution in [-0.4, -0.2) is 47.3 Å². The molecule has 34 heavy (non-hydrogen) atoms. The number of nitrogens with zero attached hydrogens (tertiary/aromatic N) is 2. The molecule has 0 radical (unpaired) electrons. The molecule has 2 aliphatic heterocycles. The minimum Gasteiger partial charge on any atom is -0.307 e. The van der Waals surface area contributed by atoms with Crippen molar-refractivity contribution >= 4 is 35.8 Å². The number of carbonyl (C=O) groups is 4. The second-order valence-electron chi connectivity index (χ2n) is 8.55. The molecule has 4 rings (SSSR count). The van der Waals surface area contributed by atoms with Gasteiger partial charge < -0.3 is 9.80 Å². The Hall–Kier alpha value is -3.80. The lowest BCUT2D eigenvalue weighted by Crippen LogP contribution is -2.31. The van der Waals surface area contributed by atoms with E-state index in [2.05, 4.69) is 13.8 Å². The summed E-state index contributed by atoms with van der Waals surface area (Å²) in [5.74, 6) is -0.362. The number of amides is 2. The summed E-state index contributed by atoms with van der Waals surface area (Å²) < 4.78 is 0. The average molecular weight is 457 g/mol. The van der Waals surface area contributed by atoms with Crippen LogP contribution in [0.15, 0.2) is 59.7 Å². The topological polar surface area (TPSA) is 74.8 Å². The maximum atomic E-state index is 13.8. The van der Waals surface area contributed by atoms with Crippen LogP contribution in [0, 0.1) is 0 Å². The van der Waals surface area contributed by atoms with E-state index in [9.17, 15) is 19.2 Å². The fourth-order valence-corrected chi connectivity index (χ4v) is 4.49. The zero-order valence-corrected chi connectivity index (χ0v) is 19.5. The molecule has 2 aromatic rings. The third-order valence-electron chi connectivity index (χ3n) is 6.29. The smallest absolute Gasteiger partial charge is 0.261 e. The molecule has 0 aliphatic carbocycles. The molecule has 0 unspecified atom stereocenters. The van der Waals surface area contributed by atoms with Crippen molar-refractivity contribution in [2.45, 2.75) is 39.5 Å². The van der Waals surface area contributed by atoms with Crippen molar-refractivity contribution in [3.63, 3.8) is 0 Å². The zero-order chi connectivity index (χ0) is 24.2. The van der Waals surface area contributed by atoms with Gasteiger partial charge in [-0.15, -0.1) is 0 Å². The summed E-state index contributed by atoms with van der Waals surface area (Å²) in [7, 11) is 0. The summed E-state index contributed by atoms with van der Waals surface area (Å²) in [5, 5.41) is 0. The summed E-state index contributed by atoms with van der Waals surface area (Å²) in [6, 6.07) is 14.0. The van der Waals surface area contributed by atoms with Crippen molar-refractivity contribution in [2.75, 3.05) is 13.1 Å². The number of unbranched alkanes of at least 4 members (excludes halogenated alkanes) is 2. The molecule has 0 saturated carbocycles. The Balaban J connectivity index is 1.94. The van der Waals surface area contributed by atoms with Gasteiger partial charge >= 0.3 is 0 Å². The van der Waals surface area contributed by atoms with Crippen molar-refractivity contribution in [2.24, 2.45) is 0 Å². The largest absolute Gasteiger partial charge is 0.307 e. The highest BCUT2D eigenvalue weighted by atomic mass is 16.2. The number of aldehydes is 2. The quantitative estimate of drug-likeness (QED) is 0.485. The van der Waals surface area contributed by atoms with E-state index >= 15 is 0 Å². The number of hydrogen-bond acceptors (Lipinski definition) is 4. The van der Waals surface area contributed by atoms with E-state index in [-0.39, 0.29) is 11.8 Å². The van der Waals surface area contributed by atoms with Gasteiger partial charge in [-0.2, -0.15) is 0 Å². The molecule has 0 spiro atoms. The monoisotopic (exact) mass is 456 g/mol. The lowest BCUT2D eigenvalue weighted by molar-refractivity contribution is -0.124. The van der Waals surface area contributed by atoms with Crippen LogP contribution < -0.4 is 0 Å². The van der Waals surface area contributed by atoms with Crippen LogP contribution in [0.25, 0.3) is 11.4 Å². The molecule has 0 saturated heterocycles. The summed E-state index contributed by atoms with van der Waals surface area (Å²) >= 11 is 0. The van der Waals surface area contributed by atoms with Gasteiger partial charge in [0.2, 0.25) is 0 Å². The number of carbonyl (C=O) groups excluding carboxylic acids is 4. The molecule has 174 valence electrons. The molecule has 2 amide bonds. The molecular formula is C28H28N2O4. The predicted octanol–water partition coefficient (Wildman–Crippen LogP) is 4.72. The second-order valence-corrected chi connectivity index (χ2v) is 8.55. The fourth-order valence-electron chi connectivity index (χ4n) is 4.49. The molecule has 0 fully saturated rings. The van der Waals surface area contributed by atoms with Crippen molar-refractivity contribution in [1.82, 2.24) is 9.80 Å². The fraction of sp³-hybridized carbons (Fsp3) is 0.286. The molecular weight excluding hydrogens is 428 g/mol. The predicted molar refractivity (Wildman–Crippen MR) is 131 cm³/mol. The number of benzene rings is 2. The van der Waals surface area contributed by atoms with Crippen LogP contribution in [0.1, 0.15) is 71.4 Å². The zero-order valence-electron chi connectivity index (χ0n) is 19.5. The SMILES string of the molecule is CCCCN1C(=O)C2=C(c3ccc(C=O)cc3)N(CCCC)C(=O)C2=C1c1ccc(C=O)cc1. The van der Waals surface area contributed by atoms with Gasteiger partial charge in [0.05, 0.1) is 22.5 Å². The highest BCUT2D eigenvalue weighted by molar-refractivity contribution is 6.30. The van der Waals surface area contributed by atoms with Crippen molar-refractivity contribution in [3.8, 4) is 0 Å². The van der Waals surface area contributed by atoms with Crippen LogP contribution >= 0.6 is 0 Å². The first-order chi connectivity index (χ1) is 16.5. The van der Waals surface area contributed by atoms with Crippen LogP contribution in [0.5, 0.6) is 0 Å². The van der Waals surface area contributed by atoms with Gasteiger partial charge in [-0.1, -0.05) is 75.2 Å². The molecule has 0 atom stereocenters. The number of rotatable bonds is 10. The molecule has 2 heterocycles. The van der Waals surface area contributed by atoms with E-state index in [1.807, 2.05) is 0 Å². The van der Waals surface area contributed by atoms with Gasteiger partial charge in [-0.25, -0.2) is 0 Å². The van der Waals surface area contributed by atoms with E-state index in [1.165, 1.54) is 0 Å². The number of fused-ring (bicyclic) bond motifs is 1. The summed E-state index contributed by atoms with van der Waals surface area (Å²) in [4.78, 5) is 53.3. The molecule has 0 bridgehead atoms. The first-order valence-electron chi connectivity index (χ1n) is 11.8. The van der Waals surface area contributed by atoms with Crippen LogP contribution in [0.3, 0.4) is 0 Å². The first-order valence-corrected chi connectivity index (χ1v) is 11.8. The molecule has 2 aliphatic rings. The highest BCUT2D eigenvalue weighted by Crippen LogP contribution is 2.46. The van der Waals surface area contributed by atoms with Crippen molar-refractivity contribution < 1.29 is 19.2 Å². The minimum absolute atomic E-state index is 0.181. The van der Waals surface area contributed by atoms with Crippen LogP contribution in [-0.2, 0) is 9.59 Å². The average Bonchev–Trinajstić information content (AvgIpc) is 3.32. The molecule has 6 nitrogen and oxygen atoms in total. The van der Waals surface area contributed by atoms with E-state index in [4.69, 9.17) is 0 Å². The number of hydrogen-bond donors (Lipinski definition) is 0. The van der Waals surface area contributed by atoms with Crippen molar-refractivity contribution in [3.05, 3.63) is 81.9 Å². The van der Waals surface area contributed by atoms with Gasteiger partial charge in [0.15, 0.2) is 0 Å². The summed E-state index contributed by atoms with van der Waals surface area (Å²) in [5.41, 5.74) is 4.60. The van der Waals surface area contributed by atoms with E-state index in [0.29, 0.717) is 46.8 Å². The Labute approximate surface area is 199 Å². The highest BCUT2D eigenvalue weighted by Gasteiger charge is 2.48. The van der Waals surface area contributed by atoms with E-state index in [1.54, 1.807) is 58.3 Å². The Kier molecular flexibility index (Phi) is 6.87. The van der Waals surface area contributed by atoms with Gasteiger partial charge in [-0.3, -0.25) is 19.2 Å². The van der Waals surface area contributed by atoms with E-state index < -0.39 is 0 Å². The van der Waals surface area contributed by atoms with Gasteiger partial charge in [0.25, 0.3) is 11.8 Å². The standard InChI is InChI=1S/C28H28N2O4/c1-3-5-15-29-25(21-11-7-19(17-31)8-12-21)23-24(27(29)33)26(30(28(23)34)16-6-4-2)22-13-9-20(18-32)10-14-22/h7-14,17-18H,3-6,15-16H2,1-2H3. The Morgan fingerprint density at radius 3 is 1.26 bits per heavy atom. The second kappa shape index (κ2) is 10.00. The van der Waals surface area contributed by atoms with Gasteiger partial charge in [0.1, 0.15) is 12.6 Å². The normalized spacial score (nSPS) is 15.5. The Bertz CT molecular complexity index is 1090. The third kappa shape index (κ3) is 4.00. The van der Waals surface area contributed by atoms with Gasteiger partial charge in [0, 0.05) is 24.2 Å². The Morgan fingerprint density at radius 1 is 0.618 bits per heavy atom. The molecule has 6 heteroatoms. The minimum atomic E-state index is -0.181.